The third kappa shape index (κ3) is 3.27. The van der Waals surface area contributed by atoms with E-state index in [1.807, 2.05) is 4.68 Å². The van der Waals surface area contributed by atoms with Gasteiger partial charge in [0.2, 0.25) is 0 Å². The fourth-order valence-corrected chi connectivity index (χ4v) is 2.78. The minimum atomic E-state index is -0.489. The van der Waals surface area contributed by atoms with E-state index >= 15 is 0 Å². The van der Waals surface area contributed by atoms with Crippen molar-refractivity contribution < 1.29 is 4.79 Å². The normalized spacial score (nSPS) is 19.7. The Hall–Kier alpha value is -2.22. The van der Waals surface area contributed by atoms with Gasteiger partial charge in [0.05, 0.1) is 6.54 Å². The second kappa shape index (κ2) is 6.04. The molecule has 3 heterocycles. The molecule has 1 aliphatic rings. The third-order valence-corrected chi connectivity index (χ3v) is 3.91. The first-order valence-electron chi connectivity index (χ1n) is 7.12. The predicted molar refractivity (Wildman–Crippen MR) is 75.5 cm³/mol. The van der Waals surface area contributed by atoms with E-state index in [9.17, 15) is 4.79 Å². The lowest BCUT2D eigenvalue weighted by Gasteiger charge is -2.32. The van der Waals surface area contributed by atoms with E-state index in [4.69, 9.17) is 5.73 Å². The summed E-state index contributed by atoms with van der Waals surface area (Å²) in [4.78, 5) is 17.5. The fraction of sp³-hybridized carbons (Fsp3) is 0.538. The molecule has 1 fully saturated rings. The minimum Gasteiger partial charge on any atom is -0.364 e. The quantitative estimate of drug-likeness (QED) is 0.804. The van der Waals surface area contributed by atoms with Crippen molar-refractivity contribution in [2.45, 2.75) is 25.3 Å². The second-order valence-corrected chi connectivity index (χ2v) is 5.37. The van der Waals surface area contributed by atoms with Gasteiger partial charge in [-0.1, -0.05) is 0 Å². The van der Waals surface area contributed by atoms with Crippen molar-refractivity contribution in [3.63, 3.8) is 0 Å². The van der Waals surface area contributed by atoms with Crippen LogP contribution in [0, 0.1) is 0 Å². The van der Waals surface area contributed by atoms with Crippen molar-refractivity contribution >= 4 is 5.91 Å². The summed E-state index contributed by atoms with van der Waals surface area (Å²) < 4.78 is 1.84. The molecule has 1 saturated heterocycles. The predicted octanol–water partition coefficient (Wildman–Crippen LogP) is -0.0203. The van der Waals surface area contributed by atoms with Crippen LogP contribution in [-0.4, -0.2) is 55.4 Å². The Kier molecular flexibility index (Phi) is 3.96. The number of hydrogen-bond donors (Lipinski definition) is 2. The van der Waals surface area contributed by atoms with Crippen LogP contribution in [0.5, 0.6) is 0 Å². The summed E-state index contributed by atoms with van der Waals surface area (Å²) in [6.45, 7) is 3.82. The smallest absolute Gasteiger partial charge is 0.269 e. The van der Waals surface area contributed by atoms with E-state index in [-0.39, 0.29) is 0 Å². The molecule has 0 bridgehead atoms. The number of amides is 1. The van der Waals surface area contributed by atoms with Crippen molar-refractivity contribution in [1.29, 1.82) is 0 Å². The summed E-state index contributed by atoms with van der Waals surface area (Å²) in [5, 5.41) is 11.0. The van der Waals surface area contributed by atoms with Crippen molar-refractivity contribution in [2.24, 2.45) is 5.73 Å². The maximum absolute atomic E-state index is 11.1. The van der Waals surface area contributed by atoms with Crippen molar-refractivity contribution in [2.75, 3.05) is 19.6 Å². The number of carbonyl (C=O) groups excluding carboxylic acids is 1. The van der Waals surface area contributed by atoms with Gasteiger partial charge < -0.3 is 10.6 Å². The fourth-order valence-electron chi connectivity index (χ4n) is 2.78. The van der Waals surface area contributed by atoms with Crippen LogP contribution in [0.15, 0.2) is 18.7 Å². The summed E-state index contributed by atoms with van der Waals surface area (Å²) >= 11 is 0. The first-order chi connectivity index (χ1) is 10.2. The largest absolute Gasteiger partial charge is 0.364 e. The van der Waals surface area contributed by atoms with Gasteiger partial charge in [0.25, 0.3) is 5.91 Å². The van der Waals surface area contributed by atoms with E-state index in [0.717, 1.165) is 44.7 Å². The molecule has 0 saturated carbocycles. The summed E-state index contributed by atoms with van der Waals surface area (Å²) in [6, 6.07) is 1.77. The van der Waals surface area contributed by atoms with Gasteiger partial charge in [0.15, 0.2) is 0 Å². The standard InChI is InChI=1S/C13H19N7O/c14-13(21)12-6-11(17-18-12)10-2-1-3-19(7-10)4-5-20-9-15-8-16-20/h6,8-10H,1-5,7H2,(H2,14,21)(H,17,18). The summed E-state index contributed by atoms with van der Waals surface area (Å²) in [7, 11) is 0. The lowest BCUT2D eigenvalue weighted by atomic mass is 9.94. The Balaban J connectivity index is 1.58. The Labute approximate surface area is 122 Å². The highest BCUT2D eigenvalue weighted by molar-refractivity contribution is 5.90. The zero-order chi connectivity index (χ0) is 14.7. The Morgan fingerprint density at radius 2 is 2.38 bits per heavy atom. The molecule has 1 atom stereocenters. The highest BCUT2D eigenvalue weighted by atomic mass is 16.1. The number of aromatic amines is 1. The topological polar surface area (TPSA) is 106 Å². The molecule has 3 N–H and O–H groups in total. The van der Waals surface area contributed by atoms with Crippen LogP contribution < -0.4 is 5.73 Å². The van der Waals surface area contributed by atoms with Gasteiger partial charge >= 0.3 is 0 Å². The molecule has 0 radical (unpaired) electrons. The Morgan fingerprint density at radius 3 is 3.10 bits per heavy atom. The number of hydrogen-bond acceptors (Lipinski definition) is 5. The molecule has 3 rings (SSSR count). The van der Waals surface area contributed by atoms with Crippen LogP contribution >= 0.6 is 0 Å². The number of primary amides is 1. The van der Waals surface area contributed by atoms with Crippen LogP contribution in [0.3, 0.4) is 0 Å². The average molecular weight is 289 g/mol. The maximum atomic E-state index is 11.1. The van der Waals surface area contributed by atoms with E-state index < -0.39 is 5.91 Å². The molecule has 0 spiro atoms. The summed E-state index contributed by atoms with van der Waals surface area (Å²) in [5.41, 5.74) is 6.54. The van der Waals surface area contributed by atoms with E-state index in [0.29, 0.717) is 11.6 Å². The van der Waals surface area contributed by atoms with Crippen molar-refractivity contribution in [3.05, 3.63) is 30.1 Å². The number of aromatic nitrogens is 5. The van der Waals surface area contributed by atoms with Gasteiger partial charge in [0, 0.05) is 24.7 Å². The Morgan fingerprint density at radius 1 is 1.48 bits per heavy atom. The number of nitrogens with two attached hydrogens (primary N) is 1. The van der Waals surface area contributed by atoms with Crippen LogP contribution in [-0.2, 0) is 6.54 Å². The first kappa shape index (κ1) is 13.7. The number of nitrogens with one attached hydrogen (secondary N) is 1. The van der Waals surface area contributed by atoms with Crippen LogP contribution in [0.25, 0.3) is 0 Å². The maximum Gasteiger partial charge on any atom is 0.269 e. The van der Waals surface area contributed by atoms with Gasteiger partial charge in [-0.15, -0.1) is 0 Å². The number of rotatable bonds is 5. The lowest BCUT2D eigenvalue weighted by Crippen LogP contribution is -2.36. The Bertz CT molecular complexity index is 591. The van der Waals surface area contributed by atoms with Crippen LogP contribution in [0.1, 0.15) is 34.9 Å². The van der Waals surface area contributed by atoms with Gasteiger partial charge in [-0.05, 0) is 25.5 Å². The second-order valence-electron chi connectivity index (χ2n) is 5.37. The zero-order valence-electron chi connectivity index (χ0n) is 11.8. The monoisotopic (exact) mass is 289 g/mol. The highest BCUT2D eigenvalue weighted by Crippen LogP contribution is 2.25. The van der Waals surface area contributed by atoms with Crippen LogP contribution in [0.4, 0.5) is 0 Å². The molecule has 1 amide bonds. The molecule has 8 nitrogen and oxygen atoms in total. The molecule has 21 heavy (non-hydrogen) atoms. The van der Waals surface area contributed by atoms with Gasteiger partial charge in [-0.3, -0.25) is 14.6 Å². The number of nitrogens with zero attached hydrogens (tertiary/aromatic N) is 5. The van der Waals surface area contributed by atoms with Crippen molar-refractivity contribution in [3.8, 4) is 0 Å². The lowest BCUT2D eigenvalue weighted by molar-refractivity contribution is 0.0995. The molecule has 0 aromatic carbocycles. The first-order valence-corrected chi connectivity index (χ1v) is 7.12. The molecular formula is C13H19N7O. The van der Waals surface area contributed by atoms with E-state index in [1.165, 1.54) is 0 Å². The summed E-state index contributed by atoms with van der Waals surface area (Å²) in [6.07, 6.45) is 5.51. The molecular weight excluding hydrogens is 270 g/mol. The molecule has 8 heteroatoms. The third-order valence-electron chi connectivity index (χ3n) is 3.91. The number of carbonyl (C=O) groups is 1. The van der Waals surface area contributed by atoms with Crippen LogP contribution in [0.2, 0.25) is 0 Å². The number of likely N-dealkylation sites (tertiary alicyclic amines) is 1. The molecule has 1 unspecified atom stereocenters. The molecule has 2 aromatic heterocycles. The van der Waals surface area contributed by atoms with Gasteiger partial charge in [-0.2, -0.15) is 10.2 Å². The number of piperidine rings is 1. The SMILES string of the molecule is NC(=O)c1cc(C2CCCN(CCn3cncn3)C2)[nH]n1. The molecule has 2 aromatic rings. The molecule has 0 aliphatic carbocycles. The number of H-pyrrole nitrogens is 1. The van der Waals surface area contributed by atoms with Gasteiger partial charge in [0.1, 0.15) is 18.3 Å². The molecule has 112 valence electrons. The molecule has 1 aliphatic heterocycles. The van der Waals surface area contributed by atoms with E-state index in [2.05, 4.69) is 25.2 Å². The average Bonchev–Trinajstić information content (AvgIpc) is 3.17. The highest BCUT2D eigenvalue weighted by Gasteiger charge is 2.23. The zero-order valence-corrected chi connectivity index (χ0v) is 11.8. The van der Waals surface area contributed by atoms with Crippen molar-refractivity contribution in [1.82, 2.24) is 29.9 Å². The summed E-state index contributed by atoms with van der Waals surface area (Å²) in [5.74, 6) is -0.119. The van der Waals surface area contributed by atoms with E-state index in [1.54, 1.807) is 18.7 Å². The van der Waals surface area contributed by atoms with Gasteiger partial charge in [-0.25, -0.2) is 4.98 Å². The minimum absolute atomic E-state index is 0.310.